The molecule has 174 valence electrons. The van der Waals surface area contributed by atoms with Crippen LogP contribution in [0.1, 0.15) is 29.5 Å². The second kappa shape index (κ2) is 12.4. The SMILES string of the molecule is CN=C(NCc1ccc(Cn2ccccc2=O)cc1)NCc1ccccc1OCC1CC1.I. The van der Waals surface area contributed by atoms with Gasteiger partial charge in [0.2, 0.25) is 0 Å². The van der Waals surface area contributed by atoms with Crippen LogP contribution >= 0.6 is 24.0 Å². The largest absolute Gasteiger partial charge is 0.493 e. The normalized spacial score (nSPS) is 13.2. The van der Waals surface area contributed by atoms with Gasteiger partial charge in [0.1, 0.15) is 5.75 Å². The van der Waals surface area contributed by atoms with E-state index in [0.29, 0.717) is 19.6 Å². The second-order valence-corrected chi connectivity index (χ2v) is 8.12. The maximum absolute atomic E-state index is 11.9. The molecule has 1 saturated carbocycles. The molecule has 1 aliphatic carbocycles. The molecule has 4 rings (SSSR count). The van der Waals surface area contributed by atoms with Crippen molar-refractivity contribution in [3.05, 3.63) is 100.0 Å². The van der Waals surface area contributed by atoms with E-state index >= 15 is 0 Å². The van der Waals surface area contributed by atoms with Gasteiger partial charge in [0.25, 0.3) is 5.56 Å². The van der Waals surface area contributed by atoms with Gasteiger partial charge in [-0.05, 0) is 42.0 Å². The first-order valence-electron chi connectivity index (χ1n) is 11.1. The average molecular weight is 558 g/mol. The molecule has 0 atom stereocenters. The summed E-state index contributed by atoms with van der Waals surface area (Å²) < 4.78 is 7.70. The molecule has 0 amide bonds. The smallest absolute Gasteiger partial charge is 0.250 e. The average Bonchev–Trinajstić information content (AvgIpc) is 3.65. The third-order valence-electron chi connectivity index (χ3n) is 5.55. The molecule has 1 aromatic heterocycles. The molecule has 6 nitrogen and oxygen atoms in total. The topological polar surface area (TPSA) is 67.7 Å². The van der Waals surface area contributed by atoms with Crippen molar-refractivity contribution in [3.8, 4) is 5.75 Å². The van der Waals surface area contributed by atoms with Gasteiger partial charge >= 0.3 is 0 Å². The van der Waals surface area contributed by atoms with Crippen molar-refractivity contribution in [3.63, 3.8) is 0 Å². The van der Waals surface area contributed by atoms with E-state index in [9.17, 15) is 4.79 Å². The van der Waals surface area contributed by atoms with Gasteiger partial charge in [0, 0.05) is 38.0 Å². The van der Waals surface area contributed by atoms with E-state index in [1.807, 2.05) is 30.5 Å². The Morgan fingerprint density at radius 3 is 2.39 bits per heavy atom. The minimum Gasteiger partial charge on any atom is -0.493 e. The number of aliphatic imine (C=N–C) groups is 1. The fourth-order valence-corrected chi connectivity index (χ4v) is 3.42. The number of hydrogen-bond acceptors (Lipinski definition) is 3. The Bertz CT molecular complexity index is 1110. The zero-order valence-corrected chi connectivity index (χ0v) is 21.2. The summed E-state index contributed by atoms with van der Waals surface area (Å²) >= 11 is 0. The first-order valence-corrected chi connectivity index (χ1v) is 11.1. The first-order chi connectivity index (χ1) is 15.7. The number of ether oxygens (including phenoxy) is 1. The molecule has 0 unspecified atom stereocenters. The van der Waals surface area contributed by atoms with E-state index < -0.39 is 0 Å². The molecule has 1 aliphatic rings. The van der Waals surface area contributed by atoms with Crippen LogP contribution in [0.2, 0.25) is 0 Å². The molecule has 0 spiro atoms. The Kier molecular flexibility index (Phi) is 9.35. The molecule has 2 N–H and O–H groups in total. The lowest BCUT2D eigenvalue weighted by Gasteiger charge is -2.15. The second-order valence-electron chi connectivity index (χ2n) is 8.12. The molecule has 0 bridgehead atoms. The van der Waals surface area contributed by atoms with Crippen LogP contribution in [0, 0.1) is 5.92 Å². The predicted molar refractivity (Wildman–Crippen MR) is 143 cm³/mol. The summed E-state index contributed by atoms with van der Waals surface area (Å²) in [6, 6.07) is 21.6. The van der Waals surface area contributed by atoms with Gasteiger partial charge < -0.3 is 19.9 Å². The van der Waals surface area contributed by atoms with Crippen LogP contribution in [0.5, 0.6) is 5.75 Å². The molecule has 0 radical (unpaired) electrons. The lowest BCUT2D eigenvalue weighted by atomic mass is 10.1. The van der Waals surface area contributed by atoms with Crippen LogP contribution in [0.15, 0.2) is 82.7 Å². The number of nitrogens with one attached hydrogen (secondary N) is 2. The highest BCUT2D eigenvalue weighted by molar-refractivity contribution is 14.0. The van der Waals surface area contributed by atoms with E-state index in [1.165, 1.54) is 12.8 Å². The third kappa shape index (κ3) is 7.63. The molecule has 0 aliphatic heterocycles. The number of para-hydroxylation sites is 1. The van der Waals surface area contributed by atoms with Crippen molar-refractivity contribution < 1.29 is 4.74 Å². The maximum atomic E-state index is 11.9. The summed E-state index contributed by atoms with van der Waals surface area (Å²) in [5.41, 5.74) is 3.36. The van der Waals surface area contributed by atoms with Crippen molar-refractivity contribution >= 4 is 29.9 Å². The van der Waals surface area contributed by atoms with Gasteiger partial charge in [-0.3, -0.25) is 9.79 Å². The number of benzene rings is 2. The Morgan fingerprint density at radius 1 is 0.970 bits per heavy atom. The number of guanidine groups is 1. The van der Waals surface area contributed by atoms with Gasteiger partial charge in [0.15, 0.2) is 5.96 Å². The van der Waals surface area contributed by atoms with Crippen molar-refractivity contribution in [2.75, 3.05) is 13.7 Å². The summed E-state index contributed by atoms with van der Waals surface area (Å²) in [5.74, 6) is 2.41. The van der Waals surface area contributed by atoms with Crippen LogP contribution in [0.25, 0.3) is 0 Å². The summed E-state index contributed by atoms with van der Waals surface area (Å²) in [4.78, 5) is 16.2. The van der Waals surface area contributed by atoms with Gasteiger partial charge in [-0.2, -0.15) is 0 Å². The standard InChI is InChI=1S/C26H30N4O2.HI/c1-27-26(29-17-23-6-2-3-7-24(23)32-19-22-13-14-22)28-16-20-9-11-21(12-10-20)18-30-15-5-4-8-25(30)31;/h2-12,15,22H,13-14,16-19H2,1H3,(H2,27,28,29);1H. The van der Waals surface area contributed by atoms with E-state index in [-0.39, 0.29) is 29.5 Å². The summed E-state index contributed by atoms with van der Waals surface area (Å²) in [5, 5.41) is 6.73. The van der Waals surface area contributed by atoms with Crippen LogP contribution < -0.4 is 20.9 Å². The van der Waals surface area contributed by atoms with Crippen molar-refractivity contribution in [2.45, 2.75) is 32.5 Å². The first kappa shape index (κ1) is 24.8. The molecule has 33 heavy (non-hydrogen) atoms. The van der Waals surface area contributed by atoms with Crippen molar-refractivity contribution in [1.82, 2.24) is 15.2 Å². The van der Waals surface area contributed by atoms with Crippen LogP contribution in [0.4, 0.5) is 0 Å². The number of halogens is 1. The number of aromatic nitrogens is 1. The molecule has 1 heterocycles. The maximum Gasteiger partial charge on any atom is 0.250 e. The van der Waals surface area contributed by atoms with Crippen molar-refractivity contribution in [2.24, 2.45) is 10.9 Å². The number of hydrogen-bond donors (Lipinski definition) is 2. The molecule has 1 fully saturated rings. The molecular weight excluding hydrogens is 527 g/mol. The highest BCUT2D eigenvalue weighted by atomic mass is 127. The van der Waals surface area contributed by atoms with Gasteiger partial charge in [-0.1, -0.05) is 48.5 Å². The van der Waals surface area contributed by atoms with E-state index in [1.54, 1.807) is 23.7 Å². The zero-order chi connectivity index (χ0) is 22.2. The van der Waals surface area contributed by atoms with Crippen molar-refractivity contribution in [1.29, 1.82) is 0 Å². The van der Waals surface area contributed by atoms with Crippen LogP contribution in [0.3, 0.4) is 0 Å². The number of pyridine rings is 1. The fourth-order valence-electron chi connectivity index (χ4n) is 3.42. The van der Waals surface area contributed by atoms with E-state index in [4.69, 9.17) is 4.74 Å². The molecule has 2 aromatic carbocycles. The fraction of sp³-hybridized carbons (Fsp3) is 0.308. The van der Waals surface area contributed by atoms with Crippen LogP contribution in [-0.4, -0.2) is 24.2 Å². The predicted octanol–water partition coefficient (Wildman–Crippen LogP) is 4.17. The lowest BCUT2D eigenvalue weighted by Crippen LogP contribution is -2.36. The summed E-state index contributed by atoms with van der Waals surface area (Å²) in [6.45, 7) is 2.67. The van der Waals surface area contributed by atoms with Gasteiger partial charge in [-0.25, -0.2) is 0 Å². The van der Waals surface area contributed by atoms with Crippen LogP contribution in [-0.2, 0) is 19.6 Å². The quantitative estimate of drug-likeness (QED) is 0.235. The minimum absolute atomic E-state index is 0. The monoisotopic (exact) mass is 558 g/mol. The number of nitrogens with zero attached hydrogens (tertiary/aromatic N) is 2. The molecule has 7 heteroatoms. The zero-order valence-electron chi connectivity index (χ0n) is 18.9. The Hall–Kier alpha value is -2.81. The third-order valence-corrected chi connectivity index (χ3v) is 5.55. The summed E-state index contributed by atoms with van der Waals surface area (Å²) in [6.07, 6.45) is 4.37. The highest BCUT2D eigenvalue weighted by Gasteiger charge is 2.22. The Balaban J connectivity index is 0.00000306. The highest BCUT2D eigenvalue weighted by Crippen LogP contribution is 2.30. The molecule has 3 aromatic rings. The minimum atomic E-state index is 0. The van der Waals surface area contributed by atoms with E-state index in [2.05, 4.69) is 46.0 Å². The number of rotatable bonds is 9. The van der Waals surface area contributed by atoms with Gasteiger partial charge in [-0.15, -0.1) is 24.0 Å². The summed E-state index contributed by atoms with van der Waals surface area (Å²) in [7, 11) is 1.77. The Morgan fingerprint density at radius 2 is 1.67 bits per heavy atom. The van der Waals surface area contributed by atoms with E-state index in [0.717, 1.165) is 40.9 Å². The molecule has 0 saturated heterocycles. The molecular formula is C26H31IN4O2. The Labute approximate surface area is 212 Å². The van der Waals surface area contributed by atoms with Gasteiger partial charge in [0.05, 0.1) is 13.2 Å². The lowest BCUT2D eigenvalue weighted by molar-refractivity contribution is 0.296.